The van der Waals surface area contributed by atoms with E-state index in [0.29, 0.717) is 19.4 Å². The highest BCUT2D eigenvalue weighted by molar-refractivity contribution is 7.46. The van der Waals surface area contributed by atoms with Crippen LogP contribution in [0.4, 0.5) is 0 Å². The molecule has 0 aromatic heterocycles. The van der Waals surface area contributed by atoms with E-state index in [2.05, 4.69) is 5.09 Å². The average Bonchev–Trinajstić information content (AvgIpc) is 2.51. The van der Waals surface area contributed by atoms with Crippen LogP contribution in [0.3, 0.4) is 0 Å². The van der Waals surface area contributed by atoms with Crippen LogP contribution in [-0.2, 0) is 20.6 Å². The largest absolute Gasteiger partial charge is 0.494 e. The van der Waals surface area contributed by atoms with Crippen molar-refractivity contribution in [2.45, 2.75) is 31.0 Å². The summed E-state index contributed by atoms with van der Waals surface area (Å²) in [5.74, 6) is 4.53. The molecule has 0 spiro atoms. The zero-order valence-electron chi connectivity index (χ0n) is 12.2. The van der Waals surface area contributed by atoms with E-state index in [1.165, 1.54) is 0 Å². The Balaban J connectivity index is 1.90. The second-order valence-corrected chi connectivity index (χ2v) is 6.95. The summed E-state index contributed by atoms with van der Waals surface area (Å²) in [4.78, 5) is 23.9. The first kappa shape index (κ1) is 16.5. The Morgan fingerprint density at radius 2 is 2.05 bits per heavy atom. The summed E-state index contributed by atoms with van der Waals surface area (Å²) in [5.41, 5.74) is 6.93. The number of nitrogens with two attached hydrogens (primary N) is 2. The van der Waals surface area contributed by atoms with Crippen LogP contribution >= 0.6 is 7.95 Å². The lowest BCUT2D eigenvalue weighted by molar-refractivity contribution is -0.136. The van der Waals surface area contributed by atoms with Crippen molar-refractivity contribution in [3.8, 4) is 0 Å². The van der Waals surface area contributed by atoms with Crippen molar-refractivity contribution in [2.75, 3.05) is 6.54 Å². The molecule has 1 heterocycles. The van der Waals surface area contributed by atoms with E-state index in [0.717, 1.165) is 10.6 Å². The molecule has 2 amide bonds. The van der Waals surface area contributed by atoms with E-state index >= 15 is 0 Å². The number of hydrogen-bond acceptors (Lipinski definition) is 5. The molecular weight excluding hydrogens is 303 g/mol. The van der Waals surface area contributed by atoms with Crippen LogP contribution in [0.2, 0.25) is 0 Å². The molecule has 22 heavy (non-hydrogen) atoms. The number of aryl methyl sites for hydroxylation is 1. The summed E-state index contributed by atoms with van der Waals surface area (Å²) < 4.78 is 12.3. The highest BCUT2D eigenvalue weighted by Crippen LogP contribution is 2.38. The molecule has 0 radical (unpaired) electrons. The lowest BCUT2D eigenvalue weighted by Gasteiger charge is -2.28. The molecule has 1 aromatic rings. The first-order valence-electron chi connectivity index (χ1n) is 7.10. The molecular formula is C14H20N4O3P+. The predicted molar refractivity (Wildman–Crippen MR) is 82.6 cm³/mol. The molecule has 1 aliphatic heterocycles. The van der Waals surface area contributed by atoms with Crippen molar-refractivity contribution < 1.29 is 14.2 Å². The number of rotatable bonds is 5. The van der Waals surface area contributed by atoms with E-state index in [1.54, 1.807) is 0 Å². The molecule has 0 saturated carbocycles. The van der Waals surface area contributed by atoms with Crippen LogP contribution < -0.4 is 16.7 Å². The number of hydrazine groups is 1. The van der Waals surface area contributed by atoms with Crippen molar-refractivity contribution in [3.63, 3.8) is 0 Å². The smallest absolute Gasteiger partial charge is 0.275 e. The van der Waals surface area contributed by atoms with Gasteiger partial charge in [0.05, 0.1) is 0 Å². The summed E-state index contributed by atoms with van der Waals surface area (Å²) in [6, 6.07) is 9.49. The van der Waals surface area contributed by atoms with Gasteiger partial charge in [-0.25, -0.2) is 5.84 Å². The van der Waals surface area contributed by atoms with Crippen molar-refractivity contribution in [2.24, 2.45) is 11.6 Å². The van der Waals surface area contributed by atoms with E-state index in [-0.39, 0.29) is 12.8 Å². The molecule has 2 rings (SSSR count). The highest BCUT2D eigenvalue weighted by Gasteiger charge is 2.57. The highest BCUT2D eigenvalue weighted by atomic mass is 31.1. The molecule has 0 bridgehead atoms. The molecule has 5 N–H and O–H groups in total. The summed E-state index contributed by atoms with van der Waals surface area (Å²) in [6.07, 6.45) is 1.51. The monoisotopic (exact) mass is 323 g/mol. The van der Waals surface area contributed by atoms with Gasteiger partial charge >= 0.3 is 19.1 Å². The van der Waals surface area contributed by atoms with Gasteiger partial charge in [0, 0.05) is 19.4 Å². The minimum atomic E-state index is -2.41. The molecule has 2 unspecified atom stereocenters. The van der Waals surface area contributed by atoms with Crippen LogP contribution in [0.15, 0.2) is 30.3 Å². The fourth-order valence-corrected chi connectivity index (χ4v) is 3.54. The van der Waals surface area contributed by atoms with Crippen molar-refractivity contribution >= 4 is 19.8 Å². The molecule has 0 aliphatic carbocycles. The van der Waals surface area contributed by atoms with Gasteiger partial charge in [-0.15, -0.1) is 5.09 Å². The summed E-state index contributed by atoms with van der Waals surface area (Å²) in [7, 11) is -2.41. The van der Waals surface area contributed by atoms with E-state index in [1.807, 2.05) is 30.3 Å². The Kier molecular flexibility index (Phi) is 5.24. The predicted octanol–water partition coefficient (Wildman–Crippen LogP) is 0.629. The molecule has 2 atom stereocenters. The number of benzene rings is 1. The van der Waals surface area contributed by atoms with E-state index in [9.17, 15) is 14.2 Å². The Bertz CT molecular complexity index is 581. The number of carbonyl (C=O) groups excluding carboxylic acids is 2. The molecule has 118 valence electrons. The molecule has 1 aromatic carbocycles. The molecule has 7 nitrogen and oxygen atoms in total. The molecule has 8 heteroatoms. The lowest BCUT2D eigenvalue weighted by atomic mass is 10.1. The van der Waals surface area contributed by atoms with Gasteiger partial charge in [-0.2, -0.15) is 0 Å². The number of hydrogen-bond donors (Lipinski definition) is 3. The first-order chi connectivity index (χ1) is 10.4. The van der Waals surface area contributed by atoms with Gasteiger partial charge in [-0.1, -0.05) is 30.3 Å². The van der Waals surface area contributed by atoms with Gasteiger partial charge in [0.15, 0.2) is 0 Å². The van der Waals surface area contributed by atoms with Gasteiger partial charge in [-0.05, 0) is 23.0 Å². The number of nitrogens with zero attached hydrogens (tertiary/aromatic N) is 1. The first-order valence-corrected chi connectivity index (χ1v) is 8.36. The maximum absolute atomic E-state index is 12.3. The van der Waals surface area contributed by atoms with Crippen molar-refractivity contribution in [1.82, 2.24) is 10.1 Å². The Labute approximate surface area is 129 Å². The quantitative estimate of drug-likeness (QED) is 0.417. The van der Waals surface area contributed by atoms with Crippen LogP contribution in [0.1, 0.15) is 24.8 Å². The minimum absolute atomic E-state index is 0.182. The number of nitrogens with one attached hydrogen (secondary N) is 1. The summed E-state index contributed by atoms with van der Waals surface area (Å²) >= 11 is 0. The van der Waals surface area contributed by atoms with Gasteiger partial charge in [0.2, 0.25) is 0 Å². The zero-order valence-corrected chi connectivity index (χ0v) is 13.1. The maximum atomic E-state index is 12.3. The van der Waals surface area contributed by atoms with Crippen LogP contribution in [-0.4, -0.2) is 28.6 Å². The zero-order chi connectivity index (χ0) is 16.2. The van der Waals surface area contributed by atoms with Crippen LogP contribution in [0, 0.1) is 0 Å². The van der Waals surface area contributed by atoms with Gasteiger partial charge in [0.25, 0.3) is 5.91 Å². The topological polar surface area (TPSA) is 119 Å². The second-order valence-electron chi connectivity index (χ2n) is 5.34. The number of piperidine rings is 1. The SMILES string of the molecule is NN1CCCC(N)([P+](=O)NC(=O)CCc2ccccc2)C1=O. The maximum Gasteiger partial charge on any atom is 0.494 e. The number of amides is 2. The van der Waals surface area contributed by atoms with Gasteiger partial charge < -0.3 is 0 Å². The molecule has 1 aliphatic rings. The normalized spacial score (nSPS) is 22.4. The van der Waals surface area contributed by atoms with Gasteiger partial charge in [-0.3, -0.25) is 20.3 Å². The minimum Gasteiger partial charge on any atom is -0.275 e. The van der Waals surface area contributed by atoms with Crippen LogP contribution in [0.5, 0.6) is 0 Å². The standard InChI is InChI=1S/C14H19N4O3P/c15-14(9-4-10-18(16)13(14)20)22(21)17-12(19)8-7-11-5-2-1-3-6-11/h1-3,5-6H,4,7-10,15-16H2/p+1. The Morgan fingerprint density at radius 1 is 1.36 bits per heavy atom. The summed E-state index contributed by atoms with van der Waals surface area (Å²) in [5, 5.41) is 1.71. The fourth-order valence-electron chi connectivity index (χ4n) is 2.34. The van der Waals surface area contributed by atoms with E-state index < -0.39 is 25.0 Å². The molecule has 1 fully saturated rings. The fraction of sp³-hybridized carbons (Fsp3) is 0.429. The number of carbonyl (C=O) groups is 2. The lowest BCUT2D eigenvalue weighted by Crippen LogP contribution is -2.60. The van der Waals surface area contributed by atoms with Crippen molar-refractivity contribution in [3.05, 3.63) is 35.9 Å². The van der Waals surface area contributed by atoms with Crippen LogP contribution in [0.25, 0.3) is 0 Å². The Morgan fingerprint density at radius 3 is 2.73 bits per heavy atom. The Hall–Kier alpha value is -1.82. The third kappa shape index (κ3) is 3.68. The van der Waals surface area contributed by atoms with Gasteiger partial charge in [0.1, 0.15) is 0 Å². The summed E-state index contributed by atoms with van der Waals surface area (Å²) in [6.45, 7) is 0.378. The molecule has 1 saturated heterocycles. The third-order valence-electron chi connectivity index (χ3n) is 3.66. The van der Waals surface area contributed by atoms with Crippen molar-refractivity contribution in [1.29, 1.82) is 0 Å². The van der Waals surface area contributed by atoms with E-state index in [4.69, 9.17) is 11.6 Å². The third-order valence-corrected chi connectivity index (χ3v) is 5.25. The average molecular weight is 323 g/mol. The second kappa shape index (κ2) is 6.96.